The lowest BCUT2D eigenvalue weighted by Crippen LogP contribution is -2.44. The molecule has 0 aliphatic carbocycles. The highest BCUT2D eigenvalue weighted by Gasteiger charge is 2.24. The molecule has 82 valence electrons. The van der Waals surface area contributed by atoms with Gasteiger partial charge >= 0.3 is 0 Å². The van der Waals surface area contributed by atoms with E-state index in [9.17, 15) is 0 Å². The van der Waals surface area contributed by atoms with Crippen LogP contribution in [0.1, 0.15) is 33.6 Å². The smallest absolute Gasteiger partial charge is 0.0480 e. The minimum absolute atomic E-state index is 0.503. The molecule has 0 aromatic carbocycles. The third-order valence-electron chi connectivity index (χ3n) is 3.24. The number of rotatable bonds is 4. The molecule has 1 heterocycles. The van der Waals surface area contributed by atoms with E-state index in [0.717, 1.165) is 19.8 Å². The van der Waals surface area contributed by atoms with Crippen molar-refractivity contribution in [2.75, 3.05) is 19.8 Å². The summed E-state index contributed by atoms with van der Waals surface area (Å²) >= 11 is 0. The molecule has 1 unspecified atom stereocenters. The van der Waals surface area contributed by atoms with Crippen molar-refractivity contribution in [1.29, 1.82) is 0 Å². The van der Waals surface area contributed by atoms with Crippen molar-refractivity contribution in [3.05, 3.63) is 12.2 Å². The number of ether oxygens (including phenoxy) is 1. The second-order valence-electron chi connectivity index (χ2n) is 4.20. The predicted molar refractivity (Wildman–Crippen MR) is 60.5 cm³/mol. The largest absolute Gasteiger partial charge is 0.381 e. The Balaban J connectivity index is 2.55. The quantitative estimate of drug-likeness (QED) is 0.642. The molecule has 0 amide bonds. The van der Waals surface area contributed by atoms with E-state index in [1.807, 2.05) is 0 Å². The van der Waals surface area contributed by atoms with E-state index in [1.165, 1.54) is 18.4 Å². The van der Waals surface area contributed by atoms with Gasteiger partial charge < -0.3 is 4.74 Å². The Morgan fingerprint density at radius 3 is 2.50 bits per heavy atom. The van der Waals surface area contributed by atoms with Crippen LogP contribution in [0, 0.1) is 0 Å². The van der Waals surface area contributed by atoms with Gasteiger partial charge in [-0.25, -0.2) is 0 Å². The molecule has 1 rings (SSSR count). The van der Waals surface area contributed by atoms with Crippen molar-refractivity contribution >= 4 is 0 Å². The molecule has 14 heavy (non-hydrogen) atoms. The summed E-state index contributed by atoms with van der Waals surface area (Å²) in [6.45, 7) is 13.6. The van der Waals surface area contributed by atoms with Crippen molar-refractivity contribution < 1.29 is 4.74 Å². The van der Waals surface area contributed by atoms with Crippen molar-refractivity contribution in [3.63, 3.8) is 0 Å². The summed E-state index contributed by atoms with van der Waals surface area (Å²) in [5.41, 5.74) is 1.26. The van der Waals surface area contributed by atoms with E-state index in [4.69, 9.17) is 4.74 Å². The van der Waals surface area contributed by atoms with Crippen LogP contribution in [0.4, 0.5) is 0 Å². The topological polar surface area (TPSA) is 12.5 Å². The Labute approximate surface area is 87.9 Å². The van der Waals surface area contributed by atoms with Crippen LogP contribution < -0.4 is 0 Å². The van der Waals surface area contributed by atoms with Crippen LogP contribution in [-0.4, -0.2) is 36.7 Å². The maximum Gasteiger partial charge on any atom is 0.0480 e. The summed E-state index contributed by atoms with van der Waals surface area (Å²) in [5, 5.41) is 0. The average molecular weight is 197 g/mol. The van der Waals surface area contributed by atoms with Crippen molar-refractivity contribution in [1.82, 2.24) is 4.90 Å². The fourth-order valence-corrected chi connectivity index (χ4v) is 2.15. The fourth-order valence-electron chi connectivity index (χ4n) is 2.15. The Kier molecular flexibility index (Phi) is 4.63. The van der Waals surface area contributed by atoms with E-state index < -0.39 is 0 Å². The Morgan fingerprint density at radius 2 is 2.07 bits per heavy atom. The second-order valence-corrected chi connectivity index (χ2v) is 4.20. The molecule has 0 radical (unpaired) electrons. The molecule has 2 nitrogen and oxygen atoms in total. The van der Waals surface area contributed by atoms with Gasteiger partial charge in [0.1, 0.15) is 0 Å². The van der Waals surface area contributed by atoms with Gasteiger partial charge in [0.2, 0.25) is 0 Å². The van der Waals surface area contributed by atoms with E-state index >= 15 is 0 Å². The zero-order chi connectivity index (χ0) is 10.6. The minimum atomic E-state index is 0.503. The van der Waals surface area contributed by atoms with Crippen molar-refractivity contribution in [2.24, 2.45) is 0 Å². The van der Waals surface area contributed by atoms with Crippen LogP contribution in [0.2, 0.25) is 0 Å². The summed E-state index contributed by atoms with van der Waals surface area (Å²) in [5.74, 6) is 0. The molecule has 0 spiro atoms. The summed E-state index contributed by atoms with van der Waals surface area (Å²) in [6.07, 6.45) is 2.34. The normalized spacial score (nSPS) is 21.1. The molecule has 2 heteroatoms. The van der Waals surface area contributed by atoms with Crippen LogP contribution in [0.15, 0.2) is 12.2 Å². The first-order chi connectivity index (χ1) is 6.66. The molecule has 1 saturated heterocycles. The Bertz CT molecular complexity index is 185. The van der Waals surface area contributed by atoms with Crippen molar-refractivity contribution in [2.45, 2.75) is 45.7 Å². The van der Waals surface area contributed by atoms with Gasteiger partial charge in [0.15, 0.2) is 0 Å². The van der Waals surface area contributed by atoms with E-state index in [2.05, 4.69) is 32.3 Å². The lowest BCUT2D eigenvalue weighted by atomic mass is 10.0. The third kappa shape index (κ3) is 2.82. The van der Waals surface area contributed by atoms with E-state index in [-0.39, 0.29) is 0 Å². The number of nitrogens with zero attached hydrogens (tertiary/aromatic N) is 1. The Morgan fingerprint density at radius 1 is 1.50 bits per heavy atom. The Hall–Kier alpha value is -0.340. The molecule has 0 aromatic rings. The molecule has 0 saturated carbocycles. The molecule has 0 N–H and O–H groups in total. The monoisotopic (exact) mass is 197 g/mol. The van der Waals surface area contributed by atoms with Gasteiger partial charge in [0.05, 0.1) is 0 Å². The standard InChI is InChI=1S/C12H23NO/c1-5-13(11(4)10(2)3)12-6-8-14-9-7-12/h11-12H,2,5-9H2,1,3-4H3. The lowest BCUT2D eigenvalue weighted by molar-refractivity contribution is 0.0273. The summed E-state index contributed by atoms with van der Waals surface area (Å²) in [7, 11) is 0. The maximum absolute atomic E-state index is 5.39. The van der Waals surface area contributed by atoms with Gasteiger partial charge in [0.25, 0.3) is 0 Å². The third-order valence-corrected chi connectivity index (χ3v) is 3.24. The molecule has 0 aromatic heterocycles. The molecule has 1 fully saturated rings. The van der Waals surface area contributed by atoms with Gasteiger partial charge in [-0.15, -0.1) is 0 Å². The highest BCUT2D eigenvalue weighted by Crippen LogP contribution is 2.19. The molecule has 1 aliphatic rings. The van der Waals surface area contributed by atoms with Gasteiger partial charge in [0, 0.05) is 25.3 Å². The average Bonchev–Trinajstić information content (AvgIpc) is 2.20. The first-order valence-corrected chi connectivity index (χ1v) is 5.65. The van der Waals surface area contributed by atoms with E-state index in [0.29, 0.717) is 12.1 Å². The van der Waals surface area contributed by atoms with Crippen LogP contribution in [-0.2, 0) is 4.74 Å². The van der Waals surface area contributed by atoms with Crippen LogP contribution in [0.25, 0.3) is 0 Å². The second kappa shape index (κ2) is 5.52. The van der Waals surface area contributed by atoms with Gasteiger partial charge in [-0.3, -0.25) is 4.90 Å². The predicted octanol–water partition coefficient (Wildman–Crippen LogP) is 2.45. The van der Waals surface area contributed by atoms with Gasteiger partial charge in [-0.05, 0) is 33.2 Å². The zero-order valence-corrected chi connectivity index (χ0v) is 9.75. The molecular formula is C12H23NO. The molecule has 0 bridgehead atoms. The highest BCUT2D eigenvalue weighted by atomic mass is 16.5. The number of likely N-dealkylation sites (N-methyl/N-ethyl adjacent to an activating group) is 1. The van der Waals surface area contributed by atoms with Crippen LogP contribution in [0.3, 0.4) is 0 Å². The van der Waals surface area contributed by atoms with Gasteiger partial charge in [-0.1, -0.05) is 19.1 Å². The molecule has 1 atom stereocenters. The fraction of sp³-hybridized carbons (Fsp3) is 0.833. The maximum atomic E-state index is 5.39. The lowest BCUT2D eigenvalue weighted by Gasteiger charge is -2.38. The number of hydrogen-bond donors (Lipinski definition) is 0. The number of hydrogen-bond acceptors (Lipinski definition) is 2. The highest BCUT2D eigenvalue weighted by molar-refractivity contribution is 5.01. The van der Waals surface area contributed by atoms with Crippen LogP contribution >= 0.6 is 0 Å². The molecular weight excluding hydrogens is 174 g/mol. The first kappa shape index (κ1) is 11.7. The minimum Gasteiger partial charge on any atom is -0.381 e. The first-order valence-electron chi connectivity index (χ1n) is 5.65. The van der Waals surface area contributed by atoms with Crippen LogP contribution in [0.5, 0.6) is 0 Å². The summed E-state index contributed by atoms with van der Waals surface area (Å²) < 4.78 is 5.39. The zero-order valence-electron chi connectivity index (χ0n) is 9.75. The summed E-state index contributed by atoms with van der Waals surface area (Å²) in [6, 6.07) is 1.20. The summed E-state index contributed by atoms with van der Waals surface area (Å²) in [4.78, 5) is 2.55. The van der Waals surface area contributed by atoms with Gasteiger partial charge in [-0.2, -0.15) is 0 Å². The molecule has 1 aliphatic heterocycles. The van der Waals surface area contributed by atoms with E-state index in [1.54, 1.807) is 0 Å². The van der Waals surface area contributed by atoms with Crippen molar-refractivity contribution in [3.8, 4) is 0 Å². The SMILES string of the molecule is C=C(C)C(C)N(CC)C1CCOCC1.